The summed E-state index contributed by atoms with van der Waals surface area (Å²) >= 11 is 0. The van der Waals surface area contributed by atoms with Crippen LogP contribution in [0.4, 0.5) is 0 Å². The third-order valence-electron chi connectivity index (χ3n) is 3.52. The van der Waals surface area contributed by atoms with Gasteiger partial charge in [-0.1, -0.05) is 0 Å². The second-order valence-electron chi connectivity index (χ2n) is 4.84. The predicted octanol–water partition coefficient (Wildman–Crippen LogP) is 0.504. The Balaban J connectivity index is 0. The molecule has 1 atom stereocenters. The lowest BCUT2D eigenvalue weighted by Gasteiger charge is -2.35. The highest BCUT2D eigenvalue weighted by atomic mass is 35.5. The summed E-state index contributed by atoms with van der Waals surface area (Å²) in [6.45, 7) is 10.6. The molecule has 0 unspecified atom stereocenters. The molecule has 5 nitrogen and oxygen atoms in total. The largest absolute Gasteiger partial charge is 0.382 e. The van der Waals surface area contributed by atoms with Crippen LogP contribution in [0, 0.1) is 0 Å². The molecule has 20 heavy (non-hydrogen) atoms. The van der Waals surface area contributed by atoms with Crippen molar-refractivity contribution in [2.75, 3.05) is 72.7 Å². The molecule has 0 saturated carbocycles. The number of nitrogens with one attached hydrogen (secondary N) is 1. The molecular formula is C12H28Cl3N3O2. The minimum absolute atomic E-state index is 0. The number of methoxy groups -OCH3 is 1. The van der Waals surface area contributed by atoms with Gasteiger partial charge in [0.2, 0.25) is 0 Å². The maximum atomic E-state index is 5.65. The smallest absolute Gasteiger partial charge is 0.0935 e. The summed E-state index contributed by atoms with van der Waals surface area (Å²) in [5, 5.41) is 3.38. The second-order valence-corrected chi connectivity index (χ2v) is 4.84. The Labute approximate surface area is 140 Å². The molecule has 8 heteroatoms. The summed E-state index contributed by atoms with van der Waals surface area (Å²) in [6.07, 6.45) is 0.261. The lowest BCUT2D eigenvalue weighted by molar-refractivity contribution is -0.0623. The van der Waals surface area contributed by atoms with Crippen molar-refractivity contribution in [1.82, 2.24) is 15.1 Å². The average molecular weight is 353 g/mol. The molecule has 0 aromatic rings. The number of nitrogens with zero attached hydrogens (tertiary/aromatic N) is 2. The van der Waals surface area contributed by atoms with Gasteiger partial charge in [0.1, 0.15) is 0 Å². The molecule has 2 heterocycles. The average Bonchev–Trinajstić information content (AvgIpc) is 2.39. The highest BCUT2D eigenvalue weighted by Crippen LogP contribution is 2.05. The summed E-state index contributed by atoms with van der Waals surface area (Å²) in [5.41, 5.74) is 0. The molecule has 2 fully saturated rings. The predicted molar refractivity (Wildman–Crippen MR) is 89.1 cm³/mol. The van der Waals surface area contributed by atoms with Crippen LogP contribution in [0.25, 0.3) is 0 Å². The van der Waals surface area contributed by atoms with E-state index in [1.807, 2.05) is 0 Å². The van der Waals surface area contributed by atoms with E-state index in [9.17, 15) is 0 Å². The highest BCUT2D eigenvalue weighted by molar-refractivity contribution is 5.86. The zero-order valence-electron chi connectivity index (χ0n) is 12.1. The van der Waals surface area contributed by atoms with Gasteiger partial charge < -0.3 is 14.8 Å². The lowest BCUT2D eigenvalue weighted by Crippen LogP contribution is -2.49. The Morgan fingerprint density at radius 3 is 2.35 bits per heavy atom. The number of halogens is 3. The fourth-order valence-corrected chi connectivity index (χ4v) is 2.49. The van der Waals surface area contributed by atoms with Crippen molar-refractivity contribution in [2.45, 2.75) is 6.10 Å². The van der Waals surface area contributed by atoms with Gasteiger partial charge in [-0.15, -0.1) is 37.2 Å². The number of rotatable bonds is 5. The first-order valence-corrected chi connectivity index (χ1v) is 6.64. The first kappa shape index (κ1) is 22.9. The van der Waals surface area contributed by atoms with Crippen LogP contribution in [0.3, 0.4) is 0 Å². The van der Waals surface area contributed by atoms with Gasteiger partial charge in [-0.25, -0.2) is 0 Å². The van der Waals surface area contributed by atoms with Crippen LogP contribution in [0.2, 0.25) is 0 Å². The molecule has 0 bridgehead atoms. The molecule has 0 aromatic heterocycles. The fourth-order valence-electron chi connectivity index (χ4n) is 2.49. The molecule has 0 radical (unpaired) electrons. The maximum Gasteiger partial charge on any atom is 0.0935 e. The zero-order chi connectivity index (χ0) is 11.9. The molecular weight excluding hydrogens is 325 g/mol. The molecule has 0 aliphatic carbocycles. The van der Waals surface area contributed by atoms with E-state index in [-0.39, 0.29) is 43.3 Å². The van der Waals surface area contributed by atoms with Crippen LogP contribution >= 0.6 is 37.2 Å². The van der Waals surface area contributed by atoms with Crippen molar-refractivity contribution in [3.63, 3.8) is 0 Å². The van der Waals surface area contributed by atoms with E-state index < -0.39 is 0 Å². The van der Waals surface area contributed by atoms with E-state index in [4.69, 9.17) is 9.47 Å². The second kappa shape index (κ2) is 13.3. The van der Waals surface area contributed by atoms with Gasteiger partial charge in [-0.2, -0.15) is 0 Å². The van der Waals surface area contributed by atoms with Gasteiger partial charge in [-0.3, -0.25) is 9.80 Å². The highest BCUT2D eigenvalue weighted by Gasteiger charge is 2.20. The van der Waals surface area contributed by atoms with Crippen LogP contribution < -0.4 is 5.32 Å². The van der Waals surface area contributed by atoms with Crippen LogP contribution in [-0.4, -0.2) is 88.6 Å². The number of morpholine rings is 1. The summed E-state index contributed by atoms with van der Waals surface area (Å²) in [7, 11) is 1.74. The third-order valence-corrected chi connectivity index (χ3v) is 3.52. The zero-order valence-corrected chi connectivity index (χ0v) is 14.5. The minimum atomic E-state index is 0. The quantitative estimate of drug-likeness (QED) is 0.780. The monoisotopic (exact) mass is 351 g/mol. The SMILES string of the molecule is COC[C@@H]1CN(CCN2CCNCC2)CCO1.Cl.Cl.Cl. The van der Waals surface area contributed by atoms with Crippen molar-refractivity contribution in [3.05, 3.63) is 0 Å². The summed E-state index contributed by atoms with van der Waals surface area (Å²) in [6, 6.07) is 0. The van der Waals surface area contributed by atoms with Gasteiger partial charge in [0, 0.05) is 59.5 Å². The third kappa shape index (κ3) is 8.20. The van der Waals surface area contributed by atoms with Crippen molar-refractivity contribution in [1.29, 1.82) is 0 Å². The molecule has 2 aliphatic rings. The van der Waals surface area contributed by atoms with Gasteiger partial charge >= 0.3 is 0 Å². The summed E-state index contributed by atoms with van der Waals surface area (Å²) in [4.78, 5) is 5.03. The first-order valence-electron chi connectivity index (χ1n) is 6.64. The number of ether oxygens (including phenoxy) is 2. The molecule has 2 aliphatic heterocycles. The van der Waals surface area contributed by atoms with Gasteiger partial charge in [0.05, 0.1) is 19.3 Å². The molecule has 2 rings (SSSR count). The first-order chi connectivity index (χ1) is 8.38. The Morgan fingerprint density at radius 2 is 1.70 bits per heavy atom. The Kier molecular flexibility index (Phi) is 15.3. The van der Waals surface area contributed by atoms with Gasteiger partial charge in [-0.05, 0) is 0 Å². The van der Waals surface area contributed by atoms with Crippen molar-refractivity contribution in [2.24, 2.45) is 0 Å². The minimum Gasteiger partial charge on any atom is -0.382 e. The molecule has 124 valence electrons. The molecule has 1 N–H and O–H groups in total. The summed E-state index contributed by atoms with van der Waals surface area (Å²) in [5.74, 6) is 0. The molecule has 0 aromatic carbocycles. The standard InChI is InChI=1S/C12H25N3O2.3ClH/c1-16-11-12-10-15(8-9-17-12)7-6-14-4-2-13-3-5-14;;;/h12-13H,2-11H2,1H3;3*1H/t12-;;;/m0.../s1. The lowest BCUT2D eigenvalue weighted by atomic mass is 10.2. The molecule has 2 saturated heterocycles. The van der Waals surface area contributed by atoms with Crippen LogP contribution in [-0.2, 0) is 9.47 Å². The number of hydrogen-bond acceptors (Lipinski definition) is 5. The topological polar surface area (TPSA) is 37.0 Å². The van der Waals surface area contributed by atoms with Crippen molar-refractivity contribution in [3.8, 4) is 0 Å². The number of piperazine rings is 1. The normalized spacial score (nSPS) is 24.1. The Morgan fingerprint density at radius 1 is 1.05 bits per heavy atom. The van der Waals surface area contributed by atoms with E-state index in [2.05, 4.69) is 15.1 Å². The van der Waals surface area contributed by atoms with E-state index in [1.54, 1.807) is 7.11 Å². The molecule has 0 spiro atoms. The van der Waals surface area contributed by atoms with E-state index >= 15 is 0 Å². The maximum absolute atomic E-state index is 5.65. The van der Waals surface area contributed by atoms with E-state index in [1.165, 1.54) is 19.6 Å². The van der Waals surface area contributed by atoms with Crippen molar-refractivity contribution < 1.29 is 9.47 Å². The summed E-state index contributed by atoms with van der Waals surface area (Å²) < 4.78 is 10.8. The number of hydrogen-bond donors (Lipinski definition) is 1. The van der Waals surface area contributed by atoms with Crippen LogP contribution in [0.15, 0.2) is 0 Å². The Bertz CT molecular complexity index is 220. The van der Waals surface area contributed by atoms with E-state index in [0.29, 0.717) is 6.61 Å². The van der Waals surface area contributed by atoms with Crippen LogP contribution in [0.5, 0.6) is 0 Å². The molecule has 0 amide bonds. The van der Waals surface area contributed by atoms with Gasteiger partial charge in [0.25, 0.3) is 0 Å². The Hall–Kier alpha value is 0.670. The van der Waals surface area contributed by atoms with Crippen molar-refractivity contribution >= 4 is 37.2 Å². The van der Waals surface area contributed by atoms with Gasteiger partial charge in [0.15, 0.2) is 0 Å². The fraction of sp³-hybridized carbons (Fsp3) is 1.00. The van der Waals surface area contributed by atoms with E-state index in [0.717, 1.165) is 39.3 Å². The van der Waals surface area contributed by atoms with Crippen LogP contribution in [0.1, 0.15) is 0 Å².